The molecule has 1 aliphatic heterocycles. The zero-order valence-corrected chi connectivity index (χ0v) is 15.1. The number of nitrogens with one attached hydrogen (secondary N) is 1. The van der Waals surface area contributed by atoms with Crippen LogP contribution in [0.2, 0.25) is 0 Å². The molecule has 0 bridgehead atoms. The first-order valence-electron chi connectivity index (χ1n) is 9.79. The number of nitrogens with zero attached hydrogens (tertiary/aromatic N) is 4. The summed E-state index contributed by atoms with van der Waals surface area (Å²) >= 11 is 0. The predicted octanol–water partition coefficient (Wildman–Crippen LogP) is 1.61. The lowest BCUT2D eigenvalue weighted by molar-refractivity contribution is 0.0946. The van der Waals surface area contributed by atoms with E-state index < -0.39 is 0 Å². The Morgan fingerprint density at radius 1 is 1.20 bits per heavy atom. The highest BCUT2D eigenvalue weighted by Crippen LogP contribution is 2.27. The third-order valence-electron chi connectivity index (χ3n) is 5.54. The Morgan fingerprint density at radius 2 is 1.96 bits per heavy atom. The smallest absolute Gasteiger partial charge is 0.273 e. The van der Waals surface area contributed by atoms with Crippen molar-refractivity contribution in [1.82, 2.24) is 25.2 Å². The van der Waals surface area contributed by atoms with Crippen LogP contribution in [0.4, 0.5) is 0 Å². The minimum atomic E-state index is -0.213. The van der Waals surface area contributed by atoms with Crippen molar-refractivity contribution in [3.8, 4) is 0 Å². The Hall–Kier alpha value is -1.47. The highest BCUT2D eigenvalue weighted by Gasteiger charge is 2.25. The normalized spacial score (nSPS) is 20.7. The number of hydrogen-bond acceptors (Lipinski definition) is 5. The zero-order valence-electron chi connectivity index (χ0n) is 15.1. The maximum absolute atomic E-state index is 12.0. The van der Waals surface area contributed by atoms with E-state index in [9.17, 15) is 4.79 Å². The summed E-state index contributed by atoms with van der Waals surface area (Å²) < 4.78 is 1.86. The number of amides is 1. The SMILES string of the molecule is O=C(NCCCO)c1cn(C2CCN(CC3CCCCC3)CC2)nn1. The van der Waals surface area contributed by atoms with Crippen molar-refractivity contribution in [3.63, 3.8) is 0 Å². The second-order valence-corrected chi connectivity index (χ2v) is 7.45. The summed E-state index contributed by atoms with van der Waals surface area (Å²) in [6.07, 6.45) is 11.5. The summed E-state index contributed by atoms with van der Waals surface area (Å²) in [4.78, 5) is 14.6. The molecule has 140 valence electrons. The van der Waals surface area contributed by atoms with Crippen molar-refractivity contribution in [3.05, 3.63) is 11.9 Å². The van der Waals surface area contributed by atoms with Gasteiger partial charge in [-0.05, 0) is 38.0 Å². The van der Waals surface area contributed by atoms with Crippen molar-refractivity contribution in [2.75, 3.05) is 32.8 Å². The Bertz CT molecular complexity index is 533. The Kier molecular flexibility index (Phi) is 6.81. The van der Waals surface area contributed by atoms with Crippen molar-refractivity contribution in [1.29, 1.82) is 0 Å². The maximum atomic E-state index is 12.0. The first kappa shape index (κ1) is 18.3. The second-order valence-electron chi connectivity index (χ2n) is 7.45. The topological polar surface area (TPSA) is 83.3 Å². The Labute approximate surface area is 149 Å². The summed E-state index contributed by atoms with van der Waals surface area (Å²) in [7, 11) is 0. The number of carbonyl (C=O) groups excluding carboxylic acids is 1. The van der Waals surface area contributed by atoms with Gasteiger partial charge < -0.3 is 15.3 Å². The number of carbonyl (C=O) groups is 1. The molecule has 2 N–H and O–H groups in total. The summed E-state index contributed by atoms with van der Waals surface area (Å²) in [5.41, 5.74) is 0.363. The van der Waals surface area contributed by atoms with Crippen LogP contribution < -0.4 is 5.32 Å². The van der Waals surface area contributed by atoms with Gasteiger partial charge in [-0.25, -0.2) is 4.68 Å². The van der Waals surface area contributed by atoms with Crippen LogP contribution in [0.3, 0.4) is 0 Å². The van der Waals surface area contributed by atoms with E-state index in [0.717, 1.165) is 31.8 Å². The fraction of sp³-hybridized carbons (Fsp3) is 0.833. The zero-order chi connectivity index (χ0) is 17.5. The van der Waals surface area contributed by atoms with Gasteiger partial charge in [0, 0.05) is 32.8 Å². The molecule has 0 aromatic carbocycles. The van der Waals surface area contributed by atoms with Crippen LogP contribution in [0, 0.1) is 5.92 Å². The van der Waals surface area contributed by atoms with Gasteiger partial charge in [0.1, 0.15) is 0 Å². The summed E-state index contributed by atoms with van der Waals surface area (Å²) in [6.45, 7) is 4.01. The number of aromatic nitrogens is 3. The Morgan fingerprint density at radius 3 is 2.68 bits per heavy atom. The molecule has 3 rings (SSSR count). The fourth-order valence-corrected chi connectivity index (χ4v) is 4.03. The Balaban J connectivity index is 1.44. The van der Waals surface area contributed by atoms with Crippen LogP contribution in [-0.4, -0.2) is 63.7 Å². The molecule has 0 spiro atoms. The number of hydrogen-bond donors (Lipinski definition) is 2. The molecule has 0 radical (unpaired) electrons. The molecule has 1 aromatic rings. The standard InChI is InChI=1S/C18H31N5O2/c24-12-4-9-19-18(25)17-14-23(21-20-17)16-7-10-22(11-8-16)13-15-5-2-1-3-6-15/h14-16,24H,1-13H2,(H,19,25). The molecule has 7 nitrogen and oxygen atoms in total. The van der Waals surface area contributed by atoms with E-state index in [0.29, 0.717) is 24.7 Å². The molecule has 25 heavy (non-hydrogen) atoms. The molecule has 1 aliphatic carbocycles. The molecular weight excluding hydrogens is 318 g/mol. The molecule has 2 heterocycles. The van der Waals surface area contributed by atoms with Gasteiger partial charge in [0.15, 0.2) is 5.69 Å². The van der Waals surface area contributed by atoms with Gasteiger partial charge in [0.05, 0.1) is 12.2 Å². The predicted molar refractivity (Wildman–Crippen MR) is 95.3 cm³/mol. The molecule has 2 aliphatic rings. The van der Waals surface area contributed by atoms with Crippen molar-refractivity contribution in [2.24, 2.45) is 5.92 Å². The maximum Gasteiger partial charge on any atom is 0.273 e. The number of rotatable bonds is 7. The molecular formula is C18H31N5O2. The minimum Gasteiger partial charge on any atom is -0.396 e. The third kappa shape index (κ3) is 5.25. The average molecular weight is 349 g/mol. The molecule has 0 unspecified atom stereocenters. The molecule has 1 saturated carbocycles. The first-order valence-corrected chi connectivity index (χ1v) is 9.79. The summed E-state index contributed by atoms with van der Waals surface area (Å²) in [6, 6.07) is 0.342. The van der Waals surface area contributed by atoms with Crippen LogP contribution in [0.5, 0.6) is 0 Å². The molecule has 1 aromatic heterocycles. The van der Waals surface area contributed by atoms with Crippen molar-refractivity contribution >= 4 is 5.91 Å². The van der Waals surface area contributed by atoms with Gasteiger partial charge in [-0.15, -0.1) is 5.10 Å². The minimum absolute atomic E-state index is 0.0758. The lowest BCUT2D eigenvalue weighted by Gasteiger charge is -2.35. The molecule has 2 fully saturated rings. The van der Waals surface area contributed by atoms with E-state index >= 15 is 0 Å². The van der Waals surface area contributed by atoms with E-state index in [2.05, 4.69) is 20.5 Å². The molecule has 7 heteroatoms. The lowest BCUT2D eigenvalue weighted by atomic mass is 9.88. The van der Waals surface area contributed by atoms with Gasteiger partial charge >= 0.3 is 0 Å². The van der Waals surface area contributed by atoms with Crippen LogP contribution in [0.15, 0.2) is 6.20 Å². The van der Waals surface area contributed by atoms with Gasteiger partial charge in [-0.2, -0.15) is 0 Å². The quantitative estimate of drug-likeness (QED) is 0.731. The molecule has 1 amide bonds. The lowest BCUT2D eigenvalue weighted by Crippen LogP contribution is -2.38. The number of aliphatic hydroxyl groups is 1. The van der Waals surface area contributed by atoms with E-state index in [1.54, 1.807) is 6.20 Å². The van der Waals surface area contributed by atoms with E-state index in [-0.39, 0.29) is 12.5 Å². The summed E-state index contributed by atoms with van der Waals surface area (Å²) in [5, 5.41) is 19.7. The van der Waals surface area contributed by atoms with Crippen LogP contribution in [0.1, 0.15) is 67.9 Å². The highest BCUT2D eigenvalue weighted by molar-refractivity contribution is 5.91. The largest absolute Gasteiger partial charge is 0.396 e. The van der Waals surface area contributed by atoms with Crippen LogP contribution >= 0.6 is 0 Å². The van der Waals surface area contributed by atoms with Gasteiger partial charge in [-0.1, -0.05) is 24.5 Å². The third-order valence-corrected chi connectivity index (χ3v) is 5.54. The van der Waals surface area contributed by atoms with Crippen molar-refractivity contribution < 1.29 is 9.90 Å². The van der Waals surface area contributed by atoms with Crippen LogP contribution in [0.25, 0.3) is 0 Å². The number of aliphatic hydroxyl groups excluding tert-OH is 1. The fourth-order valence-electron chi connectivity index (χ4n) is 4.03. The average Bonchev–Trinajstić information content (AvgIpc) is 3.14. The van der Waals surface area contributed by atoms with Crippen molar-refractivity contribution in [2.45, 2.75) is 57.4 Å². The first-order chi connectivity index (χ1) is 12.3. The molecule has 0 atom stereocenters. The van der Waals surface area contributed by atoms with Gasteiger partial charge in [0.25, 0.3) is 5.91 Å². The van der Waals surface area contributed by atoms with E-state index in [1.165, 1.54) is 38.6 Å². The van der Waals surface area contributed by atoms with Gasteiger partial charge in [-0.3, -0.25) is 4.79 Å². The van der Waals surface area contributed by atoms with Gasteiger partial charge in [0.2, 0.25) is 0 Å². The highest BCUT2D eigenvalue weighted by atomic mass is 16.3. The second kappa shape index (κ2) is 9.29. The molecule has 1 saturated heterocycles. The van der Waals surface area contributed by atoms with Crippen LogP contribution in [-0.2, 0) is 0 Å². The summed E-state index contributed by atoms with van der Waals surface area (Å²) in [5.74, 6) is 0.681. The number of piperidine rings is 1. The number of likely N-dealkylation sites (tertiary alicyclic amines) is 1. The van der Waals surface area contributed by atoms with E-state index in [1.807, 2.05) is 4.68 Å². The monoisotopic (exact) mass is 349 g/mol. The van der Waals surface area contributed by atoms with E-state index in [4.69, 9.17) is 5.11 Å².